The molecular formula is C25H20N4OS3. The standard InChI is InChI=1S/C25H20N4OS3/c1-16-8-10-18(11-9-16)21-14-32-24-22(21)23(26-15-27-24)31-12-19-13-33-25(28-19)29(17(2)30)20-6-4-3-5-7-20/h3-11,13-15H,12H2,1-2H3. The molecule has 0 unspecified atom stereocenters. The number of aromatic nitrogens is 3. The Morgan fingerprint density at radius 2 is 1.79 bits per heavy atom. The largest absolute Gasteiger partial charge is 0.274 e. The van der Waals surface area contributed by atoms with Crippen LogP contribution in [0.2, 0.25) is 0 Å². The average Bonchev–Trinajstić information content (AvgIpc) is 3.47. The number of fused-ring (bicyclic) bond motifs is 1. The van der Waals surface area contributed by atoms with Gasteiger partial charge in [-0.1, -0.05) is 59.8 Å². The van der Waals surface area contributed by atoms with Crippen molar-refractivity contribution in [1.29, 1.82) is 0 Å². The van der Waals surface area contributed by atoms with E-state index in [9.17, 15) is 4.79 Å². The van der Waals surface area contributed by atoms with Crippen LogP contribution in [0.4, 0.5) is 10.8 Å². The molecule has 3 heterocycles. The van der Waals surface area contributed by atoms with Crippen LogP contribution >= 0.6 is 34.4 Å². The van der Waals surface area contributed by atoms with Crippen LogP contribution in [0.3, 0.4) is 0 Å². The van der Waals surface area contributed by atoms with Crippen LogP contribution in [0.1, 0.15) is 18.2 Å². The lowest BCUT2D eigenvalue weighted by atomic mass is 10.1. The summed E-state index contributed by atoms with van der Waals surface area (Å²) >= 11 is 4.75. The molecule has 0 saturated heterocycles. The van der Waals surface area contributed by atoms with Gasteiger partial charge in [-0.15, -0.1) is 22.7 Å². The second-order valence-corrected chi connectivity index (χ2v) is 10.1. The van der Waals surface area contributed by atoms with Gasteiger partial charge in [0.05, 0.1) is 16.8 Å². The second-order valence-electron chi connectivity index (χ2n) is 7.47. The van der Waals surface area contributed by atoms with Gasteiger partial charge in [0.25, 0.3) is 0 Å². The van der Waals surface area contributed by atoms with E-state index in [1.54, 1.807) is 41.2 Å². The van der Waals surface area contributed by atoms with Crippen molar-refractivity contribution in [2.24, 2.45) is 0 Å². The van der Waals surface area contributed by atoms with Gasteiger partial charge in [-0.3, -0.25) is 9.69 Å². The maximum absolute atomic E-state index is 12.3. The minimum atomic E-state index is -0.0618. The number of thiazole rings is 1. The molecule has 0 spiro atoms. The maximum Gasteiger partial charge on any atom is 0.230 e. The number of thiophene rings is 1. The quantitative estimate of drug-likeness (QED) is 0.188. The van der Waals surface area contributed by atoms with Gasteiger partial charge in [0.1, 0.15) is 16.2 Å². The van der Waals surface area contributed by atoms with E-state index in [-0.39, 0.29) is 5.91 Å². The van der Waals surface area contributed by atoms with Crippen LogP contribution in [0, 0.1) is 6.92 Å². The van der Waals surface area contributed by atoms with Crippen LogP contribution in [0.5, 0.6) is 0 Å². The molecule has 2 aromatic carbocycles. The Labute approximate surface area is 204 Å². The minimum absolute atomic E-state index is 0.0618. The highest BCUT2D eigenvalue weighted by Gasteiger charge is 2.19. The summed E-state index contributed by atoms with van der Waals surface area (Å²) in [5, 5.41) is 6.86. The number of carbonyl (C=O) groups excluding carboxylic acids is 1. The molecule has 8 heteroatoms. The normalized spacial score (nSPS) is 11.1. The van der Waals surface area contributed by atoms with Gasteiger partial charge in [0, 0.05) is 29.0 Å². The summed E-state index contributed by atoms with van der Waals surface area (Å²) in [5.74, 6) is 0.597. The van der Waals surface area contributed by atoms with Gasteiger partial charge in [-0.05, 0) is 24.6 Å². The Morgan fingerprint density at radius 3 is 2.55 bits per heavy atom. The number of thioether (sulfide) groups is 1. The molecule has 0 atom stereocenters. The third kappa shape index (κ3) is 4.55. The molecule has 5 aromatic rings. The monoisotopic (exact) mass is 488 g/mol. The molecule has 5 nitrogen and oxygen atoms in total. The molecular weight excluding hydrogens is 469 g/mol. The number of carbonyl (C=O) groups is 1. The van der Waals surface area contributed by atoms with Gasteiger partial charge in [-0.2, -0.15) is 0 Å². The SMILES string of the molecule is CC(=O)N(c1ccccc1)c1nc(CSc2ncnc3scc(-c4ccc(C)cc4)c23)cs1. The minimum Gasteiger partial charge on any atom is -0.274 e. The van der Waals surface area contributed by atoms with E-state index < -0.39 is 0 Å². The predicted molar refractivity (Wildman–Crippen MR) is 139 cm³/mol. The molecule has 33 heavy (non-hydrogen) atoms. The van der Waals surface area contributed by atoms with E-state index in [1.807, 2.05) is 35.7 Å². The fourth-order valence-corrected chi connectivity index (χ4v) is 6.39. The topological polar surface area (TPSA) is 59.0 Å². The molecule has 0 aliphatic heterocycles. The molecule has 0 bridgehead atoms. The highest BCUT2D eigenvalue weighted by atomic mass is 32.2. The number of benzene rings is 2. The highest BCUT2D eigenvalue weighted by molar-refractivity contribution is 7.98. The molecule has 0 N–H and O–H groups in total. The molecule has 1 amide bonds. The number of hydrogen-bond acceptors (Lipinski definition) is 7. The van der Waals surface area contributed by atoms with Gasteiger partial charge in [-0.25, -0.2) is 15.0 Å². The number of anilines is 2. The van der Waals surface area contributed by atoms with Crippen LogP contribution in [0.25, 0.3) is 21.3 Å². The van der Waals surface area contributed by atoms with Gasteiger partial charge in [0.2, 0.25) is 5.91 Å². The molecule has 0 fully saturated rings. The first-order valence-corrected chi connectivity index (χ1v) is 13.1. The van der Waals surface area contributed by atoms with E-state index in [0.717, 1.165) is 32.2 Å². The maximum atomic E-state index is 12.3. The first-order valence-electron chi connectivity index (χ1n) is 10.3. The summed E-state index contributed by atoms with van der Waals surface area (Å²) in [6.45, 7) is 3.65. The third-order valence-electron chi connectivity index (χ3n) is 5.11. The molecule has 0 radical (unpaired) electrons. The third-order valence-corrected chi connectivity index (χ3v) is 7.90. The first-order chi connectivity index (χ1) is 16.1. The van der Waals surface area contributed by atoms with Crippen molar-refractivity contribution >= 4 is 61.4 Å². The van der Waals surface area contributed by atoms with Gasteiger partial charge in [0.15, 0.2) is 5.13 Å². The van der Waals surface area contributed by atoms with Crippen molar-refractivity contribution < 1.29 is 4.79 Å². The van der Waals surface area contributed by atoms with Crippen molar-refractivity contribution in [3.8, 4) is 11.1 Å². The Bertz CT molecular complexity index is 1410. The Morgan fingerprint density at radius 1 is 1.00 bits per heavy atom. The zero-order valence-corrected chi connectivity index (χ0v) is 20.5. The van der Waals surface area contributed by atoms with Crippen LogP contribution < -0.4 is 4.90 Å². The summed E-state index contributed by atoms with van der Waals surface area (Å²) in [6, 6.07) is 18.1. The first kappa shape index (κ1) is 21.8. The Balaban J connectivity index is 1.41. The molecule has 3 aromatic heterocycles. The predicted octanol–water partition coefficient (Wildman–Crippen LogP) is 7.10. The Kier molecular flexibility index (Phi) is 6.22. The fourth-order valence-electron chi connectivity index (χ4n) is 3.51. The lowest BCUT2D eigenvalue weighted by Crippen LogP contribution is -2.22. The van der Waals surface area contributed by atoms with E-state index >= 15 is 0 Å². The summed E-state index contributed by atoms with van der Waals surface area (Å²) < 4.78 is 0. The number of nitrogens with zero attached hydrogens (tertiary/aromatic N) is 4. The van der Waals surface area contributed by atoms with E-state index in [2.05, 4.69) is 46.5 Å². The van der Waals surface area contributed by atoms with Gasteiger partial charge >= 0.3 is 0 Å². The molecule has 164 valence electrons. The average molecular weight is 489 g/mol. The summed E-state index contributed by atoms with van der Waals surface area (Å²) in [7, 11) is 0. The van der Waals surface area contributed by atoms with Crippen molar-refractivity contribution in [3.63, 3.8) is 0 Å². The van der Waals surface area contributed by atoms with Crippen LogP contribution in [0.15, 0.2) is 76.7 Å². The number of rotatable bonds is 6. The van der Waals surface area contributed by atoms with Crippen molar-refractivity contribution in [2.45, 2.75) is 24.6 Å². The van der Waals surface area contributed by atoms with Gasteiger partial charge < -0.3 is 0 Å². The number of amides is 1. The highest BCUT2D eigenvalue weighted by Crippen LogP contribution is 2.39. The molecule has 0 saturated carbocycles. The van der Waals surface area contributed by atoms with Crippen molar-refractivity contribution in [1.82, 2.24) is 15.0 Å². The lowest BCUT2D eigenvalue weighted by molar-refractivity contribution is -0.115. The number of hydrogen-bond donors (Lipinski definition) is 0. The summed E-state index contributed by atoms with van der Waals surface area (Å²) in [6.07, 6.45) is 1.62. The number of aryl methyl sites for hydroxylation is 1. The molecule has 0 aliphatic carbocycles. The van der Waals surface area contributed by atoms with Crippen molar-refractivity contribution in [2.75, 3.05) is 4.90 Å². The Hall–Kier alpha value is -3.07. The zero-order chi connectivity index (χ0) is 22.8. The smallest absolute Gasteiger partial charge is 0.230 e. The summed E-state index contributed by atoms with van der Waals surface area (Å²) in [4.78, 5) is 28.8. The van der Waals surface area contributed by atoms with E-state index in [1.165, 1.54) is 22.5 Å². The molecule has 5 rings (SSSR count). The van der Waals surface area contributed by atoms with Crippen LogP contribution in [-0.4, -0.2) is 20.9 Å². The zero-order valence-electron chi connectivity index (χ0n) is 18.1. The summed E-state index contributed by atoms with van der Waals surface area (Å²) in [5.41, 5.74) is 5.29. The van der Waals surface area contributed by atoms with E-state index in [4.69, 9.17) is 4.98 Å². The van der Waals surface area contributed by atoms with E-state index in [0.29, 0.717) is 10.9 Å². The fraction of sp³-hybridized carbons (Fsp3) is 0.120. The molecule has 0 aliphatic rings. The van der Waals surface area contributed by atoms with Crippen LogP contribution in [-0.2, 0) is 10.5 Å². The van der Waals surface area contributed by atoms with Crippen molar-refractivity contribution in [3.05, 3.63) is 82.9 Å². The number of para-hydroxylation sites is 1. The lowest BCUT2D eigenvalue weighted by Gasteiger charge is -2.17. The second kappa shape index (κ2) is 9.43.